The van der Waals surface area contributed by atoms with E-state index in [9.17, 15) is 19.7 Å². The van der Waals surface area contributed by atoms with Gasteiger partial charge in [-0.25, -0.2) is 9.07 Å². The molecule has 1 heterocycles. The second kappa shape index (κ2) is 7.25. The van der Waals surface area contributed by atoms with Crippen molar-refractivity contribution in [2.45, 2.75) is 26.2 Å². The highest BCUT2D eigenvalue weighted by Gasteiger charge is 2.28. The zero-order valence-electron chi connectivity index (χ0n) is 13.1. The Morgan fingerprint density at radius 2 is 1.88 bits per heavy atom. The molecule has 0 amide bonds. The van der Waals surface area contributed by atoms with E-state index in [1.54, 1.807) is 13.8 Å². The number of nitrogens with zero attached hydrogens (tertiary/aromatic N) is 4. The molecule has 2 aromatic rings. The normalized spacial score (nSPS) is 11.8. The fourth-order valence-electron chi connectivity index (χ4n) is 2.49. The van der Waals surface area contributed by atoms with Gasteiger partial charge in [0.1, 0.15) is 11.7 Å². The van der Waals surface area contributed by atoms with E-state index < -0.39 is 17.7 Å². The van der Waals surface area contributed by atoms with Gasteiger partial charge in [0.2, 0.25) is 5.91 Å². The van der Waals surface area contributed by atoms with Gasteiger partial charge in [-0.1, -0.05) is 23.7 Å². The highest BCUT2D eigenvalue weighted by atomic mass is 35.5. The Kier molecular flexibility index (Phi) is 5.33. The first-order valence-electron chi connectivity index (χ1n) is 7.18. The van der Waals surface area contributed by atoms with Gasteiger partial charge < -0.3 is 0 Å². The summed E-state index contributed by atoms with van der Waals surface area (Å²) in [6.07, 6.45) is -0.115. The van der Waals surface area contributed by atoms with Crippen LogP contribution in [0.3, 0.4) is 0 Å². The van der Waals surface area contributed by atoms with E-state index in [0.717, 1.165) is 0 Å². The zero-order chi connectivity index (χ0) is 17.9. The summed E-state index contributed by atoms with van der Waals surface area (Å²) in [6, 6.07) is 9.20. The molecule has 24 heavy (non-hydrogen) atoms. The van der Waals surface area contributed by atoms with Crippen LogP contribution in [0.2, 0.25) is 5.02 Å². The summed E-state index contributed by atoms with van der Waals surface area (Å²) in [5.41, 5.74) is 1.57. The summed E-state index contributed by atoms with van der Waals surface area (Å²) in [6.45, 7) is 3.35. The predicted molar refractivity (Wildman–Crippen MR) is 85.8 cm³/mol. The SMILES string of the molecule is Cc1nn(C(=O)CC(c2ccc(F)cc2)C(C#N)C#N)c(C)c1Cl. The molecule has 1 aromatic carbocycles. The van der Waals surface area contributed by atoms with E-state index in [1.807, 2.05) is 12.1 Å². The summed E-state index contributed by atoms with van der Waals surface area (Å²) in [5.74, 6) is -2.53. The largest absolute Gasteiger partial charge is 0.273 e. The second-order valence-corrected chi connectivity index (χ2v) is 5.77. The van der Waals surface area contributed by atoms with E-state index in [0.29, 0.717) is 22.0 Å². The van der Waals surface area contributed by atoms with Crippen molar-refractivity contribution in [2.24, 2.45) is 5.92 Å². The number of benzene rings is 1. The van der Waals surface area contributed by atoms with Crippen LogP contribution in [0.1, 0.15) is 34.1 Å². The van der Waals surface area contributed by atoms with E-state index in [2.05, 4.69) is 5.10 Å². The number of hydrogen-bond acceptors (Lipinski definition) is 4. The molecule has 0 aliphatic carbocycles. The van der Waals surface area contributed by atoms with Gasteiger partial charge in [0.05, 0.1) is 28.5 Å². The maximum Gasteiger partial charge on any atom is 0.247 e. The van der Waals surface area contributed by atoms with Crippen LogP contribution in [0.15, 0.2) is 24.3 Å². The molecule has 7 heteroatoms. The summed E-state index contributed by atoms with van der Waals surface area (Å²) in [4.78, 5) is 12.6. The molecular formula is C17H14ClFN4O. The molecular weight excluding hydrogens is 331 g/mol. The van der Waals surface area contributed by atoms with Crippen molar-refractivity contribution in [3.63, 3.8) is 0 Å². The summed E-state index contributed by atoms with van der Waals surface area (Å²) >= 11 is 6.05. The number of aryl methyl sites for hydroxylation is 1. The average Bonchev–Trinajstić information content (AvgIpc) is 2.83. The van der Waals surface area contributed by atoms with Crippen LogP contribution < -0.4 is 0 Å². The Morgan fingerprint density at radius 1 is 1.29 bits per heavy atom. The van der Waals surface area contributed by atoms with Crippen molar-refractivity contribution in [3.05, 3.63) is 52.1 Å². The third-order valence-corrected chi connectivity index (χ3v) is 4.36. The fraction of sp³-hybridized carbons (Fsp3) is 0.294. The van der Waals surface area contributed by atoms with Crippen LogP contribution in [0.25, 0.3) is 0 Å². The molecule has 5 nitrogen and oxygen atoms in total. The molecule has 0 saturated carbocycles. The quantitative estimate of drug-likeness (QED) is 0.845. The van der Waals surface area contributed by atoms with Gasteiger partial charge in [0.15, 0.2) is 0 Å². The lowest BCUT2D eigenvalue weighted by atomic mass is 9.85. The monoisotopic (exact) mass is 344 g/mol. The smallest absolute Gasteiger partial charge is 0.247 e. The van der Waals surface area contributed by atoms with Crippen LogP contribution in [-0.4, -0.2) is 15.7 Å². The first-order chi connectivity index (χ1) is 11.4. The minimum absolute atomic E-state index is 0.115. The Balaban J connectivity index is 2.36. The number of carbonyl (C=O) groups excluding carboxylic acids is 1. The molecule has 1 unspecified atom stereocenters. The topological polar surface area (TPSA) is 82.5 Å². The van der Waals surface area contributed by atoms with Crippen molar-refractivity contribution < 1.29 is 9.18 Å². The fourth-order valence-corrected chi connectivity index (χ4v) is 2.61. The summed E-state index contributed by atoms with van der Waals surface area (Å²) in [7, 11) is 0. The highest BCUT2D eigenvalue weighted by Crippen LogP contribution is 2.29. The third kappa shape index (κ3) is 3.45. The predicted octanol–water partition coefficient (Wildman–Crippen LogP) is 3.77. The van der Waals surface area contributed by atoms with Crippen molar-refractivity contribution in [3.8, 4) is 12.1 Å². The lowest BCUT2D eigenvalue weighted by molar-refractivity contribution is 0.0871. The maximum absolute atomic E-state index is 13.1. The molecule has 0 spiro atoms. The standard InChI is InChI=1S/C17H14ClFN4O/c1-10-17(18)11(2)23(22-10)16(24)7-15(13(8-20)9-21)12-3-5-14(19)6-4-12/h3-6,13,15H,7H2,1-2H3. The lowest BCUT2D eigenvalue weighted by Crippen LogP contribution is -2.21. The molecule has 0 N–H and O–H groups in total. The Bertz CT molecular complexity index is 831. The first kappa shape index (κ1) is 17.7. The number of nitriles is 2. The molecule has 0 fully saturated rings. The van der Waals surface area contributed by atoms with Gasteiger partial charge in [-0.15, -0.1) is 0 Å². The molecule has 1 aromatic heterocycles. The van der Waals surface area contributed by atoms with Gasteiger partial charge >= 0.3 is 0 Å². The molecule has 2 rings (SSSR count). The lowest BCUT2D eigenvalue weighted by Gasteiger charge is -2.17. The summed E-state index contributed by atoms with van der Waals surface area (Å²) in [5, 5.41) is 22.9. The van der Waals surface area contributed by atoms with E-state index in [4.69, 9.17) is 11.6 Å². The van der Waals surface area contributed by atoms with Crippen molar-refractivity contribution in [2.75, 3.05) is 0 Å². The zero-order valence-corrected chi connectivity index (χ0v) is 13.9. The van der Waals surface area contributed by atoms with E-state index >= 15 is 0 Å². The van der Waals surface area contributed by atoms with Crippen LogP contribution in [0.4, 0.5) is 4.39 Å². The van der Waals surface area contributed by atoms with Gasteiger partial charge in [0, 0.05) is 12.3 Å². The first-order valence-corrected chi connectivity index (χ1v) is 7.56. The number of aromatic nitrogens is 2. The summed E-state index contributed by atoms with van der Waals surface area (Å²) < 4.78 is 14.3. The Morgan fingerprint density at radius 3 is 2.33 bits per heavy atom. The van der Waals surface area contributed by atoms with Crippen molar-refractivity contribution in [1.29, 1.82) is 10.5 Å². The molecule has 0 radical (unpaired) electrons. The minimum atomic E-state index is -1.04. The second-order valence-electron chi connectivity index (χ2n) is 5.39. The molecule has 1 atom stereocenters. The Labute approximate surface area is 143 Å². The highest BCUT2D eigenvalue weighted by molar-refractivity contribution is 6.32. The maximum atomic E-state index is 13.1. The van der Waals surface area contributed by atoms with Crippen LogP contribution >= 0.6 is 11.6 Å². The molecule has 0 saturated heterocycles. The van der Waals surface area contributed by atoms with Crippen LogP contribution in [0, 0.1) is 48.2 Å². The number of halogens is 2. The van der Waals surface area contributed by atoms with Crippen LogP contribution in [0.5, 0.6) is 0 Å². The van der Waals surface area contributed by atoms with Crippen LogP contribution in [-0.2, 0) is 0 Å². The minimum Gasteiger partial charge on any atom is -0.273 e. The van der Waals surface area contributed by atoms with Gasteiger partial charge in [-0.05, 0) is 31.5 Å². The van der Waals surface area contributed by atoms with Crippen molar-refractivity contribution >= 4 is 17.5 Å². The number of carbonyl (C=O) groups is 1. The van der Waals surface area contributed by atoms with E-state index in [-0.39, 0.29) is 12.3 Å². The molecule has 0 aliphatic rings. The molecule has 0 bridgehead atoms. The average molecular weight is 345 g/mol. The van der Waals surface area contributed by atoms with E-state index in [1.165, 1.54) is 28.9 Å². The number of hydrogen-bond donors (Lipinski definition) is 0. The van der Waals surface area contributed by atoms with Crippen molar-refractivity contribution in [1.82, 2.24) is 9.78 Å². The van der Waals surface area contributed by atoms with Gasteiger partial charge in [-0.3, -0.25) is 4.79 Å². The number of rotatable bonds is 4. The van der Waals surface area contributed by atoms with Gasteiger partial charge in [-0.2, -0.15) is 15.6 Å². The molecule has 0 aliphatic heterocycles. The van der Waals surface area contributed by atoms with Gasteiger partial charge in [0.25, 0.3) is 0 Å². The Hall–Kier alpha value is -2.70. The third-order valence-electron chi connectivity index (χ3n) is 3.81. The molecule has 122 valence electrons.